The smallest absolute Gasteiger partial charge is 0.317 e. The largest absolute Gasteiger partial charge is 0.432 e. The van der Waals surface area contributed by atoms with Crippen LogP contribution < -0.4 is 5.32 Å². The first-order valence-corrected chi connectivity index (χ1v) is 40.2. The number of hydrogen-bond acceptors (Lipinski definition) is 29. The number of aldehydes is 1. The maximum atomic E-state index is 15.8. The average Bonchev–Trinajstić information content (AvgIpc) is 0.670. The van der Waals surface area contributed by atoms with Gasteiger partial charge in [-0.2, -0.15) is 0 Å². The van der Waals surface area contributed by atoms with Crippen molar-refractivity contribution in [3.63, 3.8) is 0 Å². The third-order valence-electron chi connectivity index (χ3n) is 28.4. The number of ether oxygens (including phenoxy) is 12. The van der Waals surface area contributed by atoms with Crippen LogP contribution in [0.4, 0.5) is 0 Å². The first-order chi connectivity index (χ1) is 51.0. The highest BCUT2D eigenvalue weighted by molar-refractivity contribution is 5.82. The van der Waals surface area contributed by atoms with Crippen LogP contribution in [0.5, 0.6) is 0 Å². The Kier molecular flexibility index (Phi) is 27.7. The van der Waals surface area contributed by atoms with Crippen LogP contribution in [0.25, 0.3) is 0 Å². The number of aliphatic hydroxyl groups is 14. The summed E-state index contributed by atoms with van der Waals surface area (Å²) < 4.78 is 75.1. The van der Waals surface area contributed by atoms with Crippen LogP contribution in [-0.4, -0.2) is 288 Å². The van der Waals surface area contributed by atoms with E-state index in [-0.39, 0.29) is 43.7 Å². The van der Waals surface area contributed by atoms with E-state index in [1.54, 1.807) is 20.8 Å². The lowest BCUT2D eigenvalue weighted by Crippen LogP contribution is -2.70. The molecule has 0 aromatic heterocycles. The summed E-state index contributed by atoms with van der Waals surface area (Å²) in [5, 5.41) is 161. The quantitative estimate of drug-likeness (QED) is 0.0193. The molecule has 0 aromatic carbocycles. The number of aliphatic hydroxyl groups excluding tert-OH is 14. The molecule has 0 radical (unpaired) electrons. The van der Waals surface area contributed by atoms with E-state index in [1.807, 2.05) is 6.92 Å². The van der Waals surface area contributed by atoms with Crippen molar-refractivity contribution < 1.29 is 143 Å². The van der Waals surface area contributed by atoms with Crippen molar-refractivity contribution in [3.05, 3.63) is 11.6 Å². The SMILES string of the molecule is CCCCCCCCCCCCNC(=O)C1O[C@@H](OC2CC[C@@]3(C)C(CC[C@]4(C)C3CC=C3C5CC(C)(C)CC[C@]5(C(=O)O[C@@H]5OC(C)[C@H](O)[C@@H](O)C5O[C@@H]5OC(C)[C@H](O[C@@H]6OC[C@@H](O)[C@@H](C)C6O)[C@H](C)C5O)[C@H](O)C[C@]34C)[C@]2(C)C=O)C(O[C@@H]2OC(CO)[C@H](O)[C@@H](O)C2O)[C@H](O[C@@H]2OC[C@@H](O)[C@@H](O)C2O)[C@@H]1O. The molecule has 14 unspecified atom stereocenters. The Morgan fingerprint density at radius 1 is 0.537 bits per heavy atom. The average molecular weight is 1540 g/mol. The molecule has 5 aliphatic carbocycles. The number of hydrogen-bond donors (Lipinski definition) is 15. The number of rotatable bonds is 26. The Balaban J connectivity index is 0.851. The minimum absolute atomic E-state index is 0.0818. The Morgan fingerprint density at radius 3 is 1.80 bits per heavy atom. The van der Waals surface area contributed by atoms with Gasteiger partial charge in [0.2, 0.25) is 6.29 Å². The molecule has 30 nitrogen and oxygen atoms in total. The summed E-state index contributed by atoms with van der Waals surface area (Å²) in [6.45, 7) is 20.1. The number of carbonyl (C=O) groups is 3. The van der Waals surface area contributed by atoms with Gasteiger partial charge in [0.05, 0.1) is 61.9 Å². The van der Waals surface area contributed by atoms with Gasteiger partial charge in [0.15, 0.2) is 43.7 Å². The standard InChI is InChI=1S/C78H129NO29/c1-12-13-14-15-16-17-18-19-20-21-30-79-65(95)62-59(94)61(104-67-57(92)53(88)44(83)35-98-67)64(107-69-58(93)55(90)54(89)45(33-80)101-69)71(105-62)102-49-25-26-74(8)46(75(49,9)36-81)24-27-76(10)47(74)23-22-41-42-31-73(6,7)28-29-78(42,48(84)32-77(41,76)11)72(96)108-70-63(56(91)52(87)39(4)99-70)106-68-51(86)38(3)60(40(5)100-68)103-66-50(85)37(2)43(82)34-97-66/h22,36-40,42-64,66-71,80,82-94H,12-21,23-35H2,1-11H3,(H,79,95)/t37-,38-,39?,40?,42?,43-,44-,45?,46?,47?,48-,49?,50?,51?,52+,53-,54+,55-,56-,57?,58?,59+,60-,61-,62?,63?,64?,66+,67+,68+,69+,70+,71-,74+,75+,76-,77-,78-/m1/s1. The van der Waals surface area contributed by atoms with E-state index in [4.69, 9.17) is 56.8 Å². The molecule has 30 heteroatoms. The van der Waals surface area contributed by atoms with Gasteiger partial charge in [-0.25, -0.2) is 0 Å². The molecule has 6 aliphatic heterocycles. The minimum atomic E-state index is -2.03. The van der Waals surface area contributed by atoms with Gasteiger partial charge in [-0.15, -0.1) is 0 Å². The van der Waals surface area contributed by atoms with Gasteiger partial charge in [0, 0.05) is 18.4 Å². The lowest BCUT2D eigenvalue weighted by atomic mass is 9.33. The van der Waals surface area contributed by atoms with Crippen molar-refractivity contribution in [2.75, 3.05) is 26.4 Å². The predicted octanol–water partition coefficient (Wildman–Crippen LogP) is 1.69. The van der Waals surface area contributed by atoms with Crippen LogP contribution in [0.2, 0.25) is 0 Å². The number of carbonyl (C=O) groups excluding carboxylic acids is 3. The highest BCUT2D eigenvalue weighted by atomic mass is 16.8. The van der Waals surface area contributed by atoms with Crippen molar-refractivity contribution in [2.24, 2.45) is 62.1 Å². The van der Waals surface area contributed by atoms with E-state index >= 15 is 4.79 Å². The summed E-state index contributed by atoms with van der Waals surface area (Å²) in [5.74, 6) is -4.04. The van der Waals surface area contributed by atoms with Crippen LogP contribution >= 0.6 is 0 Å². The van der Waals surface area contributed by atoms with Crippen LogP contribution in [0.3, 0.4) is 0 Å². The van der Waals surface area contributed by atoms with E-state index in [1.165, 1.54) is 32.6 Å². The fourth-order valence-electron chi connectivity index (χ4n) is 21.1. The maximum Gasteiger partial charge on any atom is 0.317 e. The Labute approximate surface area is 634 Å². The fourth-order valence-corrected chi connectivity index (χ4v) is 21.1. The summed E-state index contributed by atoms with van der Waals surface area (Å²) in [6, 6.07) is 0. The number of fused-ring (bicyclic) bond motifs is 7. The lowest BCUT2D eigenvalue weighted by molar-refractivity contribution is -0.391. The Hall–Kier alpha value is -2.65. The molecule has 1 amide bonds. The summed E-state index contributed by atoms with van der Waals surface area (Å²) in [5.41, 5.74) is -4.24. The van der Waals surface area contributed by atoms with Crippen molar-refractivity contribution in [3.8, 4) is 0 Å². The van der Waals surface area contributed by atoms with E-state index in [2.05, 4.69) is 52.9 Å². The van der Waals surface area contributed by atoms with Crippen molar-refractivity contribution in [1.82, 2.24) is 5.32 Å². The summed E-state index contributed by atoms with van der Waals surface area (Å²) >= 11 is 0. The molecule has 11 rings (SSSR count). The van der Waals surface area contributed by atoms with Gasteiger partial charge < -0.3 is 138 Å². The van der Waals surface area contributed by atoms with E-state index in [9.17, 15) is 81.1 Å². The normalized spacial score (nSPS) is 50.2. The highest BCUT2D eigenvalue weighted by Gasteiger charge is 2.73. The van der Waals surface area contributed by atoms with Crippen LogP contribution in [0.15, 0.2) is 11.6 Å². The second kappa shape index (κ2) is 34.7. The molecule has 620 valence electrons. The number of unbranched alkanes of at least 4 members (excludes halogenated alkanes) is 9. The monoisotopic (exact) mass is 1540 g/mol. The van der Waals surface area contributed by atoms with Gasteiger partial charge >= 0.3 is 5.97 Å². The molecule has 6 heterocycles. The van der Waals surface area contributed by atoms with Gasteiger partial charge in [0.1, 0.15) is 97.2 Å². The molecule has 0 spiro atoms. The molecule has 108 heavy (non-hydrogen) atoms. The topological polar surface area (TPSA) is 457 Å². The summed E-state index contributed by atoms with van der Waals surface area (Å²) in [6.07, 6.45) is -26.5. The summed E-state index contributed by atoms with van der Waals surface area (Å²) in [4.78, 5) is 44.9. The predicted molar refractivity (Wildman–Crippen MR) is 379 cm³/mol. The zero-order chi connectivity index (χ0) is 78.7. The van der Waals surface area contributed by atoms with Crippen molar-refractivity contribution >= 4 is 18.2 Å². The second-order valence-electron chi connectivity index (χ2n) is 35.6. The van der Waals surface area contributed by atoms with Gasteiger partial charge in [-0.1, -0.05) is 132 Å². The molecule has 15 N–H and O–H groups in total. The van der Waals surface area contributed by atoms with Crippen LogP contribution in [-0.2, 0) is 71.2 Å². The molecular formula is C78H129NO29. The first kappa shape index (κ1) is 86.2. The van der Waals surface area contributed by atoms with Crippen molar-refractivity contribution in [1.29, 1.82) is 0 Å². The Bertz CT molecular complexity index is 3030. The van der Waals surface area contributed by atoms with Gasteiger partial charge in [-0.3, -0.25) is 9.59 Å². The van der Waals surface area contributed by atoms with E-state index in [0.29, 0.717) is 44.9 Å². The second-order valence-corrected chi connectivity index (χ2v) is 35.6. The van der Waals surface area contributed by atoms with E-state index < -0.39 is 248 Å². The molecule has 38 atom stereocenters. The minimum Gasteiger partial charge on any atom is -0.432 e. The molecular weight excluding hydrogens is 1410 g/mol. The molecule has 4 saturated carbocycles. The zero-order valence-electron chi connectivity index (χ0n) is 64.9. The fraction of sp³-hybridized carbons (Fsp3) is 0.936. The van der Waals surface area contributed by atoms with Crippen molar-refractivity contribution in [2.45, 2.75) is 370 Å². The highest BCUT2D eigenvalue weighted by Crippen LogP contribution is 2.76. The molecule has 10 fully saturated rings. The third kappa shape index (κ3) is 16.2. The van der Waals surface area contributed by atoms with Crippen LogP contribution in [0.1, 0.15) is 198 Å². The van der Waals surface area contributed by atoms with Crippen LogP contribution in [0, 0.1) is 62.1 Å². The Morgan fingerprint density at radius 2 is 1.13 bits per heavy atom. The molecule has 0 aromatic rings. The lowest BCUT2D eigenvalue weighted by Gasteiger charge is -2.71. The van der Waals surface area contributed by atoms with E-state index in [0.717, 1.165) is 44.0 Å². The molecule has 11 aliphatic rings. The van der Waals surface area contributed by atoms with Gasteiger partial charge in [0.25, 0.3) is 5.91 Å². The number of allylic oxidation sites excluding steroid dienone is 2. The molecule has 0 bridgehead atoms. The third-order valence-corrected chi connectivity index (χ3v) is 28.4. The number of amides is 1. The zero-order valence-corrected chi connectivity index (χ0v) is 64.9. The first-order valence-electron chi connectivity index (χ1n) is 40.2. The number of esters is 1. The maximum absolute atomic E-state index is 15.8. The number of nitrogens with one attached hydrogen (secondary N) is 1. The molecule has 6 saturated heterocycles. The van der Waals surface area contributed by atoms with Gasteiger partial charge in [-0.05, 0) is 117 Å². The summed E-state index contributed by atoms with van der Waals surface area (Å²) in [7, 11) is 0.